The Morgan fingerprint density at radius 1 is 1.11 bits per heavy atom. The van der Waals surface area contributed by atoms with Crippen molar-refractivity contribution in [3.63, 3.8) is 0 Å². The molecular weight excluding hydrogens is 240 g/mol. The Morgan fingerprint density at radius 3 is 2.63 bits per heavy atom. The van der Waals surface area contributed by atoms with Gasteiger partial charge in [0.2, 0.25) is 0 Å². The van der Waals surface area contributed by atoms with Gasteiger partial charge in [0.25, 0.3) is 5.56 Å². The largest absolute Gasteiger partial charge is 0.491 e. The van der Waals surface area contributed by atoms with Crippen molar-refractivity contribution in [1.82, 2.24) is 9.55 Å². The maximum Gasteiger partial charge on any atom is 0.299 e. The van der Waals surface area contributed by atoms with Crippen LogP contribution in [0.2, 0.25) is 0 Å². The van der Waals surface area contributed by atoms with E-state index in [4.69, 9.17) is 4.74 Å². The van der Waals surface area contributed by atoms with Gasteiger partial charge in [-0.2, -0.15) is 0 Å². The molecule has 4 nitrogen and oxygen atoms in total. The molecule has 2 aromatic heterocycles. The van der Waals surface area contributed by atoms with Crippen molar-refractivity contribution in [1.29, 1.82) is 0 Å². The lowest BCUT2D eigenvalue weighted by Gasteiger charge is -2.11. The number of ether oxygens (including phenoxy) is 1. The van der Waals surface area contributed by atoms with E-state index < -0.39 is 0 Å². The molecule has 1 aromatic carbocycles. The van der Waals surface area contributed by atoms with Gasteiger partial charge in [0.1, 0.15) is 5.65 Å². The molecule has 2 heterocycles. The number of hydrogen-bond acceptors (Lipinski definition) is 3. The molecule has 3 rings (SSSR count). The fourth-order valence-corrected chi connectivity index (χ4v) is 2.08. The summed E-state index contributed by atoms with van der Waals surface area (Å²) in [6.45, 7) is 0. The lowest BCUT2D eigenvalue weighted by atomic mass is 10.2. The van der Waals surface area contributed by atoms with Gasteiger partial charge in [-0.05, 0) is 30.3 Å². The summed E-state index contributed by atoms with van der Waals surface area (Å²) in [5.41, 5.74) is 1.19. The molecule has 0 aliphatic heterocycles. The first-order valence-electron chi connectivity index (χ1n) is 5.91. The molecule has 0 saturated heterocycles. The highest BCUT2D eigenvalue weighted by Gasteiger charge is 2.11. The zero-order valence-electron chi connectivity index (χ0n) is 10.4. The Labute approximate surface area is 109 Å². The number of benzene rings is 1. The molecule has 0 amide bonds. The van der Waals surface area contributed by atoms with E-state index in [2.05, 4.69) is 4.98 Å². The van der Waals surface area contributed by atoms with E-state index in [1.807, 2.05) is 42.5 Å². The average Bonchev–Trinajstić information content (AvgIpc) is 2.47. The smallest absolute Gasteiger partial charge is 0.299 e. The topological polar surface area (TPSA) is 44.1 Å². The summed E-state index contributed by atoms with van der Waals surface area (Å²) < 4.78 is 6.72. The molecule has 0 unspecified atom stereocenters. The SMILES string of the molecule is COc1cc2cccnc2n(-c2ccccc2)c1=O. The summed E-state index contributed by atoms with van der Waals surface area (Å²) in [5, 5.41) is 0.864. The van der Waals surface area contributed by atoms with Crippen molar-refractivity contribution >= 4 is 11.0 Å². The first kappa shape index (κ1) is 11.5. The minimum Gasteiger partial charge on any atom is -0.491 e. The van der Waals surface area contributed by atoms with Crippen LogP contribution < -0.4 is 10.3 Å². The number of rotatable bonds is 2. The van der Waals surface area contributed by atoms with E-state index in [0.29, 0.717) is 11.4 Å². The highest BCUT2D eigenvalue weighted by atomic mass is 16.5. The highest BCUT2D eigenvalue weighted by molar-refractivity contribution is 5.78. The van der Waals surface area contributed by atoms with Gasteiger partial charge in [-0.15, -0.1) is 0 Å². The zero-order chi connectivity index (χ0) is 13.2. The predicted molar refractivity (Wildman–Crippen MR) is 73.9 cm³/mol. The van der Waals surface area contributed by atoms with E-state index in [1.165, 1.54) is 7.11 Å². The van der Waals surface area contributed by atoms with Crippen LogP contribution in [0.5, 0.6) is 5.75 Å². The van der Waals surface area contributed by atoms with Gasteiger partial charge in [0.05, 0.1) is 12.8 Å². The zero-order valence-corrected chi connectivity index (χ0v) is 10.4. The lowest BCUT2D eigenvalue weighted by Crippen LogP contribution is -2.20. The number of aromatic nitrogens is 2. The predicted octanol–water partition coefficient (Wildman–Crippen LogP) is 2.39. The second kappa shape index (κ2) is 4.57. The van der Waals surface area contributed by atoms with Crippen LogP contribution in [0.4, 0.5) is 0 Å². The second-order valence-electron chi connectivity index (χ2n) is 4.11. The normalized spacial score (nSPS) is 10.6. The second-order valence-corrected chi connectivity index (χ2v) is 4.11. The molecule has 0 radical (unpaired) electrons. The summed E-state index contributed by atoms with van der Waals surface area (Å²) >= 11 is 0. The van der Waals surface area contributed by atoms with E-state index in [-0.39, 0.29) is 5.56 Å². The lowest BCUT2D eigenvalue weighted by molar-refractivity contribution is 0.407. The molecule has 0 saturated carbocycles. The minimum atomic E-state index is -0.208. The Hall–Kier alpha value is -2.62. The van der Waals surface area contributed by atoms with Crippen LogP contribution in [0.1, 0.15) is 0 Å². The van der Waals surface area contributed by atoms with Crippen LogP contribution in [0.25, 0.3) is 16.7 Å². The summed E-state index contributed by atoms with van der Waals surface area (Å²) in [6.07, 6.45) is 1.67. The van der Waals surface area contributed by atoms with E-state index in [0.717, 1.165) is 11.1 Å². The molecule has 4 heteroatoms. The van der Waals surface area contributed by atoms with Crippen molar-refractivity contribution in [3.8, 4) is 11.4 Å². The van der Waals surface area contributed by atoms with Crippen molar-refractivity contribution < 1.29 is 4.74 Å². The maximum atomic E-state index is 12.4. The standard InChI is InChI=1S/C15H12N2O2/c1-19-13-10-11-6-5-9-16-14(11)17(15(13)18)12-7-3-2-4-8-12/h2-10H,1H3. The number of hydrogen-bond donors (Lipinski definition) is 0. The summed E-state index contributed by atoms with van der Waals surface area (Å²) in [6, 6.07) is 14.9. The highest BCUT2D eigenvalue weighted by Crippen LogP contribution is 2.18. The number of para-hydroxylation sites is 1. The van der Waals surface area contributed by atoms with Gasteiger partial charge < -0.3 is 4.74 Å². The molecule has 3 aromatic rings. The monoisotopic (exact) mass is 252 g/mol. The fourth-order valence-electron chi connectivity index (χ4n) is 2.08. The van der Waals surface area contributed by atoms with Crippen molar-refractivity contribution in [2.24, 2.45) is 0 Å². The third-order valence-electron chi connectivity index (χ3n) is 2.96. The molecule has 0 fully saturated rings. The van der Waals surface area contributed by atoms with Gasteiger partial charge in [0, 0.05) is 11.6 Å². The Bertz CT molecular complexity index is 779. The summed E-state index contributed by atoms with van der Waals surface area (Å²) in [7, 11) is 1.49. The third-order valence-corrected chi connectivity index (χ3v) is 2.96. The van der Waals surface area contributed by atoms with E-state index in [1.54, 1.807) is 16.8 Å². The van der Waals surface area contributed by atoms with E-state index >= 15 is 0 Å². The number of methoxy groups -OCH3 is 1. The van der Waals surface area contributed by atoms with Crippen LogP contribution in [0.3, 0.4) is 0 Å². The molecular formula is C15H12N2O2. The van der Waals surface area contributed by atoms with Crippen molar-refractivity contribution in [3.05, 3.63) is 65.1 Å². The number of nitrogens with zero attached hydrogens (tertiary/aromatic N) is 2. The van der Waals surface area contributed by atoms with Crippen molar-refractivity contribution in [2.75, 3.05) is 7.11 Å². The first-order valence-corrected chi connectivity index (χ1v) is 5.91. The Morgan fingerprint density at radius 2 is 1.89 bits per heavy atom. The molecule has 0 bridgehead atoms. The quantitative estimate of drug-likeness (QED) is 0.703. The molecule has 0 N–H and O–H groups in total. The first-order chi connectivity index (χ1) is 9.31. The van der Waals surface area contributed by atoms with Crippen LogP contribution in [-0.4, -0.2) is 16.7 Å². The molecule has 94 valence electrons. The van der Waals surface area contributed by atoms with Crippen LogP contribution >= 0.6 is 0 Å². The van der Waals surface area contributed by atoms with Gasteiger partial charge in [0.15, 0.2) is 5.75 Å². The van der Waals surface area contributed by atoms with Crippen molar-refractivity contribution in [2.45, 2.75) is 0 Å². The minimum absolute atomic E-state index is 0.208. The molecule has 0 aliphatic rings. The van der Waals surface area contributed by atoms with Crippen LogP contribution in [0, 0.1) is 0 Å². The van der Waals surface area contributed by atoms with Gasteiger partial charge in [-0.3, -0.25) is 9.36 Å². The summed E-state index contributed by atoms with van der Waals surface area (Å²) in [4.78, 5) is 16.7. The Kier molecular flexibility index (Phi) is 2.76. The molecule has 0 spiro atoms. The fraction of sp³-hybridized carbons (Fsp3) is 0.0667. The number of fused-ring (bicyclic) bond motifs is 1. The molecule has 19 heavy (non-hydrogen) atoms. The van der Waals surface area contributed by atoms with Gasteiger partial charge in [-0.1, -0.05) is 18.2 Å². The summed E-state index contributed by atoms with van der Waals surface area (Å²) in [5.74, 6) is 0.310. The van der Waals surface area contributed by atoms with Gasteiger partial charge >= 0.3 is 0 Å². The Balaban J connectivity index is 2.45. The third kappa shape index (κ3) is 1.87. The van der Waals surface area contributed by atoms with Crippen LogP contribution in [0.15, 0.2) is 59.5 Å². The molecule has 0 aliphatic carbocycles. The average molecular weight is 252 g/mol. The number of pyridine rings is 2. The van der Waals surface area contributed by atoms with Gasteiger partial charge in [-0.25, -0.2) is 4.98 Å². The van der Waals surface area contributed by atoms with E-state index in [9.17, 15) is 4.79 Å². The maximum absolute atomic E-state index is 12.4. The van der Waals surface area contributed by atoms with Crippen LogP contribution in [-0.2, 0) is 0 Å². The molecule has 0 atom stereocenters.